The number of piperazine rings is 1. The Kier molecular flexibility index (Phi) is 7.33. The van der Waals surface area contributed by atoms with Crippen molar-refractivity contribution in [3.8, 4) is 11.5 Å². The quantitative estimate of drug-likeness (QED) is 0.677. The summed E-state index contributed by atoms with van der Waals surface area (Å²) in [4.78, 5) is 35.9. The summed E-state index contributed by atoms with van der Waals surface area (Å²) < 4.78 is 10.6. The summed E-state index contributed by atoms with van der Waals surface area (Å²) in [5.41, 5.74) is 1.05. The smallest absolute Gasteiger partial charge is 0.257 e. The third kappa shape index (κ3) is 4.90. The number of pyridine rings is 1. The minimum atomic E-state index is -0.114. The predicted molar refractivity (Wildman–Crippen MR) is 119 cm³/mol. The maximum atomic E-state index is 13.0. The molecule has 0 saturated carbocycles. The maximum absolute atomic E-state index is 13.0. The Bertz CT molecular complexity index is 904. The van der Waals surface area contributed by atoms with Gasteiger partial charge in [0, 0.05) is 51.5 Å². The largest absolute Gasteiger partial charge is 0.497 e. The first-order valence-corrected chi connectivity index (χ1v) is 10.5. The molecule has 1 saturated heterocycles. The lowest BCUT2D eigenvalue weighted by Gasteiger charge is -2.35. The van der Waals surface area contributed by atoms with E-state index in [0.29, 0.717) is 48.8 Å². The molecule has 0 spiro atoms. The van der Waals surface area contributed by atoms with Gasteiger partial charge in [0.25, 0.3) is 11.8 Å². The van der Waals surface area contributed by atoms with Crippen molar-refractivity contribution in [2.24, 2.45) is 0 Å². The number of rotatable bonds is 7. The first-order chi connectivity index (χ1) is 15.0. The summed E-state index contributed by atoms with van der Waals surface area (Å²) in [6, 6.07) is 8.85. The van der Waals surface area contributed by atoms with Crippen molar-refractivity contribution in [3.05, 3.63) is 47.7 Å². The standard InChI is InChI=1S/C23H30N4O4/c1-5-25(6-2)21-10-7-17(16-24-21)22(28)26-11-13-27(14-12-26)23(29)19-9-8-18(30-3)15-20(19)31-4/h7-10,15-16H,5-6,11-14H2,1-4H3. The van der Waals surface area contributed by atoms with Crippen molar-refractivity contribution in [2.45, 2.75) is 13.8 Å². The minimum Gasteiger partial charge on any atom is -0.497 e. The van der Waals surface area contributed by atoms with Crippen LogP contribution in [-0.4, -0.2) is 80.1 Å². The molecule has 8 nitrogen and oxygen atoms in total. The highest BCUT2D eigenvalue weighted by molar-refractivity contribution is 5.98. The second-order valence-corrected chi connectivity index (χ2v) is 7.23. The van der Waals surface area contributed by atoms with E-state index in [2.05, 4.69) is 23.7 Å². The fourth-order valence-electron chi connectivity index (χ4n) is 3.69. The van der Waals surface area contributed by atoms with E-state index in [9.17, 15) is 9.59 Å². The number of benzene rings is 1. The van der Waals surface area contributed by atoms with Gasteiger partial charge in [0.05, 0.1) is 25.3 Å². The summed E-state index contributed by atoms with van der Waals surface area (Å²) in [6.45, 7) is 7.76. The third-order valence-corrected chi connectivity index (χ3v) is 5.58. The lowest BCUT2D eigenvalue weighted by Crippen LogP contribution is -2.50. The normalized spacial score (nSPS) is 13.7. The zero-order chi connectivity index (χ0) is 22.4. The highest BCUT2D eigenvalue weighted by Gasteiger charge is 2.27. The number of methoxy groups -OCH3 is 2. The van der Waals surface area contributed by atoms with Gasteiger partial charge >= 0.3 is 0 Å². The van der Waals surface area contributed by atoms with E-state index in [1.54, 1.807) is 41.3 Å². The Morgan fingerprint density at radius 3 is 2.10 bits per heavy atom. The number of ether oxygens (including phenoxy) is 2. The monoisotopic (exact) mass is 426 g/mol. The van der Waals surface area contributed by atoms with E-state index in [0.717, 1.165) is 18.9 Å². The van der Waals surface area contributed by atoms with E-state index < -0.39 is 0 Å². The molecule has 1 aromatic heterocycles. The summed E-state index contributed by atoms with van der Waals surface area (Å²) in [5.74, 6) is 1.79. The van der Waals surface area contributed by atoms with Crippen molar-refractivity contribution in [1.82, 2.24) is 14.8 Å². The van der Waals surface area contributed by atoms with Crippen LogP contribution < -0.4 is 14.4 Å². The molecule has 0 unspecified atom stereocenters. The van der Waals surface area contributed by atoms with Crippen LogP contribution >= 0.6 is 0 Å². The lowest BCUT2D eigenvalue weighted by atomic mass is 10.1. The van der Waals surface area contributed by atoms with E-state index in [4.69, 9.17) is 9.47 Å². The van der Waals surface area contributed by atoms with Crippen LogP contribution in [0.3, 0.4) is 0 Å². The van der Waals surface area contributed by atoms with Gasteiger partial charge in [0.2, 0.25) is 0 Å². The Hall–Kier alpha value is -3.29. The Balaban J connectivity index is 1.63. The van der Waals surface area contributed by atoms with Gasteiger partial charge in [-0.2, -0.15) is 0 Å². The average molecular weight is 427 g/mol. The number of aromatic nitrogens is 1. The van der Waals surface area contributed by atoms with Crippen molar-refractivity contribution >= 4 is 17.6 Å². The summed E-state index contributed by atoms with van der Waals surface area (Å²) in [5, 5.41) is 0. The van der Waals surface area contributed by atoms with Crippen LogP contribution in [0.2, 0.25) is 0 Å². The summed E-state index contributed by atoms with van der Waals surface area (Å²) in [7, 11) is 3.10. The van der Waals surface area contributed by atoms with Crippen LogP contribution in [0, 0.1) is 0 Å². The molecule has 2 heterocycles. The molecule has 3 rings (SSSR count). The molecule has 0 radical (unpaired) electrons. The number of hydrogen-bond acceptors (Lipinski definition) is 6. The highest BCUT2D eigenvalue weighted by atomic mass is 16.5. The maximum Gasteiger partial charge on any atom is 0.257 e. The van der Waals surface area contributed by atoms with Crippen molar-refractivity contribution in [3.63, 3.8) is 0 Å². The Labute approximate surface area is 183 Å². The van der Waals surface area contributed by atoms with Gasteiger partial charge in [-0.15, -0.1) is 0 Å². The molecule has 2 aromatic rings. The second-order valence-electron chi connectivity index (χ2n) is 7.23. The molecule has 2 amide bonds. The lowest BCUT2D eigenvalue weighted by molar-refractivity contribution is 0.0533. The second kappa shape index (κ2) is 10.1. The van der Waals surface area contributed by atoms with E-state index in [1.165, 1.54) is 7.11 Å². The molecule has 1 aliphatic rings. The highest BCUT2D eigenvalue weighted by Crippen LogP contribution is 2.26. The zero-order valence-electron chi connectivity index (χ0n) is 18.6. The molecule has 166 valence electrons. The summed E-state index contributed by atoms with van der Waals surface area (Å²) >= 11 is 0. The van der Waals surface area contributed by atoms with Gasteiger partial charge in [-0.25, -0.2) is 4.98 Å². The van der Waals surface area contributed by atoms with Crippen LogP contribution in [0.25, 0.3) is 0 Å². The Morgan fingerprint density at radius 1 is 0.935 bits per heavy atom. The molecular formula is C23H30N4O4. The van der Waals surface area contributed by atoms with E-state index >= 15 is 0 Å². The molecule has 1 aromatic carbocycles. The molecule has 31 heavy (non-hydrogen) atoms. The van der Waals surface area contributed by atoms with Crippen molar-refractivity contribution < 1.29 is 19.1 Å². The predicted octanol–water partition coefficient (Wildman–Crippen LogP) is 2.54. The van der Waals surface area contributed by atoms with Gasteiger partial charge in [-0.1, -0.05) is 0 Å². The summed E-state index contributed by atoms with van der Waals surface area (Å²) in [6.07, 6.45) is 1.63. The minimum absolute atomic E-state index is 0.0623. The molecule has 8 heteroatoms. The van der Waals surface area contributed by atoms with E-state index in [-0.39, 0.29) is 11.8 Å². The zero-order valence-corrected chi connectivity index (χ0v) is 18.6. The first kappa shape index (κ1) is 22.4. The molecule has 0 aliphatic carbocycles. The van der Waals surface area contributed by atoms with Crippen LogP contribution in [0.15, 0.2) is 36.5 Å². The molecule has 1 aliphatic heterocycles. The molecular weight excluding hydrogens is 396 g/mol. The number of anilines is 1. The fourth-order valence-corrected chi connectivity index (χ4v) is 3.69. The van der Waals surface area contributed by atoms with Crippen molar-refractivity contribution in [1.29, 1.82) is 0 Å². The Morgan fingerprint density at radius 2 is 1.58 bits per heavy atom. The first-order valence-electron chi connectivity index (χ1n) is 10.5. The van der Waals surface area contributed by atoms with Gasteiger partial charge < -0.3 is 24.2 Å². The SMILES string of the molecule is CCN(CC)c1ccc(C(=O)N2CCN(C(=O)c3ccc(OC)cc3OC)CC2)cn1. The van der Waals surface area contributed by atoms with Crippen LogP contribution in [0.4, 0.5) is 5.82 Å². The van der Waals surface area contributed by atoms with Gasteiger partial charge in [-0.05, 0) is 38.1 Å². The van der Waals surface area contributed by atoms with Gasteiger partial charge in [0.15, 0.2) is 0 Å². The molecule has 0 N–H and O–H groups in total. The number of hydrogen-bond donors (Lipinski definition) is 0. The number of amides is 2. The van der Waals surface area contributed by atoms with Gasteiger partial charge in [-0.3, -0.25) is 9.59 Å². The van der Waals surface area contributed by atoms with Gasteiger partial charge in [0.1, 0.15) is 17.3 Å². The van der Waals surface area contributed by atoms with Crippen LogP contribution in [0.5, 0.6) is 11.5 Å². The molecule has 1 fully saturated rings. The third-order valence-electron chi connectivity index (χ3n) is 5.58. The number of nitrogens with zero attached hydrogens (tertiary/aromatic N) is 4. The fraction of sp³-hybridized carbons (Fsp3) is 0.435. The van der Waals surface area contributed by atoms with Crippen LogP contribution in [0.1, 0.15) is 34.6 Å². The van der Waals surface area contributed by atoms with Crippen LogP contribution in [-0.2, 0) is 0 Å². The number of carbonyl (C=O) groups excluding carboxylic acids is 2. The van der Waals surface area contributed by atoms with Crippen molar-refractivity contribution in [2.75, 3.05) is 58.4 Å². The molecule has 0 bridgehead atoms. The topological polar surface area (TPSA) is 75.2 Å². The average Bonchev–Trinajstić information content (AvgIpc) is 2.84. The number of carbonyl (C=O) groups is 2. The molecule has 0 atom stereocenters. The van der Waals surface area contributed by atoms with E-state index in [1.807, 2.05) is 12.1 Å².